The number of nitro groups is 1. The summed E-state index contributed by atoms with van der Waals surface area (Å²) in [7, 11) is 1.93. The first-order chi connectivity index (χ1) is 11.1. The number of nitro benzene ring substituents is 1. The second-order valence-corrected chi connectivity index (χ2v) is 5.03. The van der Waals surface area contributed by atoms with Crippen LogP contribution in [0.4, 0.5) is 5.69 Å². The summed E-state index contributed by atoms with van der Waals surface area (Å²) in [6.07, 6.45) is 1.64. The maximum atomic E-state index is 10.7. The summed E-state index contributed by atoms with van der Waals surface area (Å²) < 4.78 is 5.34. The highest BCUT2D eigenvalue weighted by Crippen LogP contribution is 2.12. The molecule has 0 aliphatic rings. The lowest BCUT2D eigenvalue weighted by molar-refractivity contribution is -0.384. The third-order valence-corrected chi connectivity index (χ3v) is 3.23. The lowest BCUT2D eigenvalue weighted by Gasteiger charge is -2.21. The van der Waals surface area contributed by atoms with E-state index in [4.69, 9.17) is 4.42 Å². The first-order valence-electron chi connectivity index (χ1n) is 7.35. The summed E-state index contributed by atoms with van der Waals surface area (Å²) in [5, 5.41) is 13.9. The molecule has 0 bridgehead atoms. The van der Waals surface area contributed by atoms with E-state index in [1.54, 1.807) is 18.4 Å². The van der Waals surface area contributed by atoms with E-state index in [1.807, 2.05) is 31.0 Å². The molecule has 0 aliphatic carbocycles. The SMILES string of the molecule is CCNC(=NCc1ccc([N+](=O)[O-])cc1)N(C)Cc1ccco1. The van der Waals surface area contributed by atoms with Gasteiger partial charge in [0, 0.05) is 25.7 Å². The predicted molar refractivity (Wildman–Crippen MR) is 88.1 cm³/mol. The molecule has 2 aromatic rings. The Morgan fingerprint density at radius 2 is 2.09 bits per heavy atom. The molecule has 23 heavy (non-hydrogen) atoms. The Hall–Kier alpha value is -2.83. The van der Waals surface area contributed by atoms with Gasteiger partial charge in [0.25, 0.3) is 5.69 Å². The van der Waals surface area contributed by atoms with Crippen LogP contribution in [0.25, 0.3) is 0 Å². The minimum atomic E-state index is -0.408. The number of aliphatic imine (C=N–C) groups is 1. The van der Waals surface area contributed by atoms with E-state index >= 15 is 0 Å². The number of hydrogen-bond acceptors (Lipinski definition) is 4. The summed E-state index contributed by atoms with van der Waals surface area (Å²) >= 11 is 0. The molecular formula is C16H20N4O3. The zero-order valence-electron chi connectivity index (χ0n) is 13.2. The third kappa shape index (κ3) is 4.84. The number of benzene rings is 1. The van der Waals surface area contributed by atoms with Crippen LogP contribution in [0.3, 0.4) is 0 Å². The average molecular weight is 316 g/mol. The van der Waals surface area contributed by atoms with Crippen molar-refractivity contribution in [3.63, 3.8) is 0 Å². The number of guanidine groups is 1. The van der Waals surface area contributed by atoms with Crippen LogP contribution < -0.4 is 5.32 Å². The Labute approximate surface area is 134 Å². The minimum absolute atomic E-state index is 0.0829. The molecule has 0 spiro atoms. The van der Waals surface area contributed by atoms with Gasteiger partial charge in [-0.2, -0.15) is 0 Å². The fourth-order valence-electron chi connectivity index (χ4n) is 2.07. The molecule has 2 rings (SSSR count). The van der Waals surface area contributed by atoms with Crippen LogP contribution in [0, 0.1) is 10.1 Å². The summed E-state index contributed by atoms with van der Waals surface area (Å²) in [5.41, 5.74) is 0.997. The lowest BCUT2D eigenvalue weighted by atomic mass is 10.2. The molecule has 0 atom stereocenters. The van der Waals surface area contributed by atoms with Gasteiger partial charge in [0.1, 0.15) is 5.76 Å². The molecule has 0 fully saturated rings. The molecule has 0 saturated heterocycles. The van der Waals surface area contributed by atoms with Gasteiger partial charge in [-0.3, -0.25) is 10.1 Å². The number of nitrogens with zero attached hydrogens (tertiary/aromatic N) is 3. The molecule has 7 heteroatoms. The predicted octanol–water partition coefficient (Wildman–Crippen LogP) is 2.79. The molecule has 1 aromatic carbocycles. The van der Waals surface area contributed by atoms with Crippen molar-refractivity contribution in [1.82, 2.24) is 10.2 Å². The van der Waals surface area contributed by atoms with E-state index < -0.39 is 4.92 Å². The first kappa shape index (κ1) is 16.5. The number of nitrogens with one attached hydrogen (secondary N) is 1. The van der Waals surface area contributed by atoms with Gasteiger partial charge in [-0.25, -0.2) is 4.99 Å². The Morgan fingerprint density at radius 3 is 2.65 bits per heavy atom. The van der Waals surface area contributed by atoms with Gasteiger partial charge in [-0.15, -0.1) is 0 Å². The van der Waals surface area contributed by atoms with E-state index in [0.717, 1.165) is 23.8 Å². The van der Waals surface area contributed by atoms with Crippen molar-refractivity contribution < 1.29 is 9.34 Å². The number of hydrogen-bond donors (Lipinski definition) is 1. The van der Waals surface area contributed by atoms with Crippen molar-refractivity contribution in [2.45, 2.75) is 20.0 Å². The minimum Gasteiger partial charge on any atom is -0.467 e. The Kier molecular flexibility index (Phi) is 5.74. The highest BCUT2D eigenvalue weighted by molar-refractivity contribution is 5.79. The molecule has 1 N–H and O–H groups in total. The van der Waals surface area contributed by atoms with Crippen LogP contribution in [0.5, 0.6) is 0 Å². The first-order valence-corrected chi connectivity index (χ1v) is 7.35. The Balaban J connectivity index is 2.03. The summed E-state index contributed by atoms with van der Waals surface area (Å²) in [6.45, 7) is 3.81. The summed E-state index contributed by atoms with van der Waals surface area (Å²) in [5.74, 6) is 1.61. The second-order valence-electron chi connectivity index (χ2n) is 5.03. The van der Waals surface area contributed by atoms with Crippen molar-refractivity contribution >= 4 is 11.6 Å². The van der Waals surface area contributed by atoms with Gasteiger partial charge in [0.05, 0.1) is 24.3 Å². The van der Waals surface area contributed by atoms with Crippen molar-refractivity contribution in [3.05, 3.63) is 64.1 Å². The summed E-state index contributed by atoms with van der Waals surface area (Å²) in [6, 6.07) is 10.2. The second kappa shape index (κ2) is 7.98. The monoisotopic (exact) mass is 316 g/mol. The number of rotatable bonds is 6. The fraction of sp³-hybridized carbons (Fsp3) is 0.312. The largest absolute Gasteiger partial charge is 0.467 e. The third-order valence-electron chi connectivity index (χ3n) is 3.23. The van der Waals surface area contributed by atoms with Crippen LogP contribution in [-0.2, 0) is 13.1 Å². The quantitative estimate of drug-likeness (QED) is 0.383. The van der Waals surface area contributed by atoms with Crippen molar-refractivity contribution in [3.8, 4) is 0 Å². The van der Waals surface area contributed by atoms with Gasteiger partial charge < -0.3 is 14.6 Å². The van der Waals surface area contributed by atoms with Gasteiger partial charge in [-0.1, -0.05) is 12.1 Å². The van der Waals surface area contributed by atoms with Crippen LogP contribution in [0.1, 0.15) is 18.2 Å². The van der Waals surface area contributed by atoms with E-state index in [2.05, 4.69) is 10.3 Å². The molecular weight excluding hydrogens is 296 g/mol. The smallest absolute Gasteiger partial charge is 0.269 e. The number of non-ortho nitro benzene ring substituents is 1. The maximum absolute atomic E-state index is 10.7. The van der Waals surface area contributed by atoms with Gasteiger partial charge >= 0.3 is 0 Å². The van der Waals surface area contributed by atoms with Crippen molar-refractivity contribution in [2.75, 3.05) is 13.6 Å². The molecule has 1 heterocycles. The summed E-state index contributed by atoms with van der Waals surface area (Å²) in [4.78, 5) is 16.8. The molecule has 0 radical (unpaired) electrons. The lowest BCUT2D eigenvalue weighted by Crippen LogP contribution is -2.38. The molecule has 0 saturated carbocycles. The molecule has 7 nitrogen and oxygen atoms in total. The Morgan fingerprint density at radius 1 is 1.35 bits per heavy atom. The average Bonchev–Trinajstić information content (AvgIpc) is 3.04. The van der Waals surface area contributed by atoms with E-state index in [0.29, 0.717) is 13.1 Å². The maximum Gasteiger partial charge on any atom is 0.269 e. The molecule has 0 aliphatic heterocycles. The van der Waals surface area contributed by atoms with Gasteiger partial charge in [-0.05, 0) is 24.6 Å². The van der Waals surface area contributed by atoms with Gasteiger partial charge in [0.2, 0.25) is 0 Å². The highest BCUT2D eigenvalue weighted by atomic mass is 16.6. The van der Waals surface area contributed by atoms with Crippen LogP contribution in [0.15, 0.2) is 52.1 Å². The van der Waals surface area contributed by atoms with Crippen LogP contribution >= 0.6 is 0 Å². The van der Waals surface area contributed by atoms with Gasteiger partial charge in [0.15, 0.2) is 5.96 Å². The normalized spacial score (nSPS) is 11.3. The standard InChI is InChI=1S/C16H20N4O3/c1-3-17-16(19(2)12-15-5-4-10-23-15)18-11-13-6-8-14(9-7-13)20(21)22/h4-10H,3,11-12H2,1-2H3,(H,17,18). The molecule has 0 amide bonds. The topological polar surface area (TPSA) is 83.9 Å². The zero-order valence-corrected chi connectivity index (χ0v) is 13.2. The Bertz CT molecular complexity index is 650. The fourth-order valence-corrected chi connectivity index (χ4v) is 2.07. The molecule has 122 valence electrons. The van der Waals surface area contributed by atoms with Crippen LogP contribution in [0.2, 0.25) is 0 Å². The van der Waals surface area contributed by atoms with E-state index in [-0.39, 0.29) is 5.69 Å². The molecule has 0 unspecified atom stereocenters. The molecule has 1 aromatic heterocycles. The van der Waals surface area contributed by atoms with Crippen molar-refractivity contribution in [1.29, 1.82) is 0 Å². The highest BCUT2D eigenvalue weighted by Gasteiger charge is 2.08. The van der Waals surface area contributed by atoms with Crippen molar-refractivity contribution in [2.24, 2.45) is 4.99 Å². The zero-order chi connectivity index (χ0) is 16.7. The van der Waals surface area contributed by atoms with Crippen LogP contribution in [-0.4, -0.2) is 29.4 Å². The van der Waals surface area contributed by atoms with E-state index in [1.165, 1.54) is 12.1 Å². The van der Waals surface area contributed by atoms with E-state index in [9.17, 15) is 10.1 Å². The number of furan rings is 1.